The van der Waals surface area contributed by atoms with Gasteiger partial charge in [0.05, 0.1) is 27.9 Å². The molecule has 0 spiro atoms. The molecule has 0 bridgehead atoms. The van der Waals surface area contributed by atoms with Crippen LogP contribution in [0.15, 0.2) is 34.1 Å². The van der Waals surface area contributed by atoms with E-state index in [4.69, 9.17) is 21.1 Å². The number of rotatable bonds is 5. The molecule has 0 aliphatic carbocycles. The summed E-state index contributed by atoms with van der Waals surface area (Å²) in [6.07, 6.45) is 3.21. The highest BCUT2D eigenvalue weighted by atomic mass is 79.9. The molecule has 2 aromatic rings. The predicted molar refractivity (Wildman–Crippen MR) is 89.9 cm³/mol. The monoisotopic (exact) mass is 386 g/mol. The van der Waals surface area contributed by atoms with Crippen molar-refractivity contribution in [2.24, 2.45) is 0 Å². The van der Waals surface area contributed by atoms with Gasteiger partial charge in [-0.3, -0.25) is 4.79 Å². The Morgan fingerprint density at radius 2 is 2.05 bits per heavy atom. The summed E-state index contributed by atoms with van der Waals surface area (Å²) in [5.74, 6) is 0.942. The third-order valence-electron chi connectivity index (χ3n) is 2.70. The smallest absolute Gasteiger partial charge is 0.195 e. The van der Waals surface area contributed by atoms with Crippen LogP contribution < -0.4 is 9.47 Å². The van der Waals surface area contributed by atoms with Crippen LogP contribution in [0.25, 0.3) is 6.08 Å². The fraction of sp³-hybridized carbons (Fsp3) is 0.133. The molecule has 0 N–H and O–H groups in total. The van der Waals surface area contributed by atoms with Crippen molar-refractivity contribution in [1.82, 2.24) is 0 Å². The number of allylic oxidation sites excluding steroid dienone is 1. The number of benzene rings is 1. The fourth-order valence-corrected chi connectivity index (χ4v) is 3.34. The van der Waals surface area contributed by atoms with E-state index < -0.39 is 0 Å². The molecule has 1 heterocycles. The normalized spacial score (nSPS) is 10.9. The van der Waals surface area contributed by atoms with Gasteiger partial charge in [0, 0.05) is 0 Å². The summed E-state index contributed by atoms with van der Waals surface area (Å²) in [7, 11) is 3.06. The van der Waals surface area contributed by atoms with E-state index in [-0.39, 0.29) is 5.78 Å². The summed E-state index contributed by atoms with van der Waals surface area (Å²) in [6.45, 7) is 0. The highest BCUT2D eigenvalue weighted by Crippen LogP contribution is 2.36. The van der Waals surface area contributed by atoms with E-state index in [9.17, 15) is 4.79 Å². The van der Waals surface area contributed by atoms with Crippen LogP contribution in [-0.4, -0.2) is 20.0 Å². The van der Waals surface area contributed by atoms with Crippen LogP contribution in [0.3, 0.4) is 0 Å². The summed E-state index contributed by atoms with van der Waals surface area (Å²) in [4.78, 5) is 12.7. The molecule has 0 saturated heterocycles. The van der Waals surface area contributed by atoms with Gasteiger partial charge in [-0.25, -0.2) is 0 Å². The van der Waals surface area contributed by atoms with Gasteiger partial charge in [-0.2, -0.15) is 0 Å². The minimum absolute atomic E-state index is 0.0587. The van der Waals surface area contributed by atoms with Gasteiger partial charge >= 0.3 is 0 Å². The first kappa shape index (κ1) is 16.1. The topological polar surface area (TPSA) is 35.5 Å². The van der Waals surface area contributed by atoms with E-state index in [1.165, 1.54) is 31.6 Å². The fourth-order valence-electron chi connectivity index (χ4n) is 1.73. The van der Waals surface area contributed by atoms with Crippen molar-refractivity contribution in [3.63, 3.8) is 0 Å². The predicted octanol–water partition coefficient (Wildman–Crippen LogP) is 5.08. The van der Waals surface area contributed by atoms with Gasteiger partial charge in [0.25, 0.3) is 0 Å². The summed E-state index contributed by atoms with van der Waals surface area (Å²) >= 11 is 10.8. The summed E-state index contributed by atoms with van der Waals surface area (Å²) in [5.41, 5.74) is 0.765. The molecule has 0 fully saturated rings. The van der Waals surface area contributed by atoms with Crippen LogP contribution in [0, 0.1) is 0 Å². The Morgan fingerprint density at radius 3 is 2.62 bits per heavy atom. The van der Waals surface area contributed by atoms with Crippen molar-refractivity contribution in [2.75, 3.05) is 14.2 Å². The standard InChI is InChI=1S/C15H12BrClO3S/c1-19-12-8-9(7-10(17)15(12)20-2)3-4-11(18)13-5-6-14(16)21-13/h3-8H,1-2H3/b4-3+. The number of carbonyl (C=O) groups excluding carboxylic acids is 1. The molecule has 0 aliphatic rings. The first-order valence-corrected chi connectivity index (χ1v) is 7.93. The van der Waals surface area contributed by atoms with Crippen molar-refractivity contribution in [3.8, 4) is 11.5 Å². The molecular weight excluding hydrogens is 376 g/mol. The maximum Gasteiger partial charge on any atom is 0.195 e. The second-order valence-electron chi connectivity index (χ2n) is 4.04. The molecule has 0 saturated carbocycles. The van der Waals surface area contributed by atoms with Gasteiger partial charge in [0.15, 0.2) is 17.3 Å². The molecule has 1 aromatic heterocycles. The molecule has 110 valence electrons. The zero-order valence-electron chi connectivity index (χ0n) is 11.4. The van der Waals surface area contributed by atoms with Crippen LogP contribution in [0.4, 0.5) is 0 Å². The molecular formula is C15H12BrClO3S. The maximum atomic E-state index is 12.0. The number of hydrogen-bond acceptors (Lipinski definition) is 4. The number of thiophene rings is 1. The van der Waals surface area contributed by atoms with Crippen LogP contribution >= 0.6 is 38.9 Å². The molecule has 0 atom stereocenters. The van der Waals surface area contributed by atoms with Crippen molar-refractivity contribution in [1.29, 1.82) is 0 Å². The van der Waals surface area contributed by atoms with Crippen molar-refractivity contribution >= 4 is 50.7 Å². The molecule has 0 aliphatic heterocycles. The second-order valence-corrected chi connectivity index (χ2v) is 6.91. The minimum atomic E-state index is -0.0587. The Balaban J connectivity index is 2.25. The number of ketones is 1. The average Bonchev–Trinajstić information content (AvgIpc) is 2.90. The number of hydrogen-bond donors (Lipinski definition) is 0. The largest absolute Gasteiger partial charge is 0.493 e. The lowest BCUT2D eigenvalue weighted by Crippen LogP contribution is -1.93. The van der Waals surface area contributed by atoms with Crippen molar-refractivity contribution in [3.05, 3.63) is 49.6 Å². The molecule has 0 radical (unpaired) electrons. The number of ether oxygens (including phenoxy) is 2. The molecule has 0 unspecified atom stereocenters. The molecule has 6 heteroatoms. The van der Waals surface area contributed by atoms with Crippen LogP contribution in [0.2, 0.25) is 5.02 Å². The average molecular weight is 388 g/mol. The van der Waals surface area contributed by atoms with E-state index in [1.807, 2.05) is 6.07 Å². The maximum absolute atomic E-state index is 12.0. The lowest BCUT2D eigenvalue weighted by Gasteiger charge is -2.10. The van der Waals surface area contributed by atoms with Crippen LogP contribution in [0.1, 0.15) is 15.2 Å². The van der Waals surface area contributed by atoms with E-state index in [0.717, 1.165) is 9.35 Å². The van der Waals surface area contributed by atoms with Crippen molar-refractivity contribution < 1.29 is 14.3 Å². The Kier molecular flexibility index (Phi) is 5.45. The number of carbonyl (C=O) groups is 1. The molecule has 2 rings (SSSR count). The highest BCUT2D eigenvalue weighted by molar-refractivity contribution is 9.11. The SMILES string of the molecule is COc1cc(/C=C/C(=O)c2ccc(Br)s2)cc(Cl)c1OC. The van der Waals surface area contributed by atoms with E-state index in [0.29, 0.717) is 21.4 Å². The highest BCUT2D eigenvalue weighted by Gasteiger charge is 2.10. The van der Waals surface area contributed by atoms with Gasteiger partial charge < -0.3 is 9.47 Å². The van der Waals surface area contributed by atoms with E-state index >= 15 is 0 Å². The Labute approximate surface area is 140 Å². The quantitative estimate of drug-likeness (QED) is 0.530. The van der Waals surface area contributed by atoms with Gasteiger partial charge in [-0.05, 0) is 51.8 Å². The Hall–Kier alpha value is -1.30. The first-order valence-electron chi connectivity index (χ1n) is 5.94. The number of halogens is 2. The summed E-state index contributed by atoms with van der Waals surface area (Å²) < 4.78 is 11.3. The first-order chi connectivity index (χ1) is 10.0. The van der Waals surface area contributed by atoms with E-state index in [1.54, 1.807) is 24.3 Å². The van der Waals surface area contributed by atoms with E-state index in [2.05, 4.69) is 15.9 Å². The Bertz CT molecular complexity index is 694. The Morgan fingerprint density at radius 1 is 1.29 bits per heavy atom. The third kappa shape index (κ3) is 3.87. The third-order valence-corrected chi connectivity index (χ3v) is 4.62. The second kappa shape index (κ2) is 7.11. The summed E-state index contributed by atoms with van der Waals surface area (Å²) in [6, 6.07) is 7.11. The molecule has 21 heavy (non-hydrogen) atoms. The van der Waals surface area contributed by atoms with Crippen LogP contribution in [0.5, 0.6) is 11.5 Å². The lowest BCUT2D eigenvalue weighted by atomic mass is 10.1. The van der Waals surface area contributed by atoms with Gasteiger partial charge in [-0.15, -0.1) is 11.3 Å². The molecule has 3 nitrogen and oxygen atoms in total. The van der Waals surface area contributed by atoms with Crippen LogP contribution in [-0.2, 0) is 0 Å². The lowest BCUT2D eigenvalue weighted by molar-refractivity contribution is 0.105. The van der Waals surface area contributed by atoms with Gasteiger partial charge in [-0.1, -0.05) is 17.7 Å². The minimum Gasteiger partial charge on any atom is -0.493 e. The molecule has 0 amide bonds. The van der Waals surface area contributed by atoms with Gasteiger partial charge in [0.1, 0.15) is 0 Å². The zero-order chi connectivity index (χ0) is 15.4. The van der Waals surface area contributed by atoms with Crippen molar-refractivity contribution in [2.45, 2.75) is 0 Å². The summed E-state index contributed by atoms with van der Waals surface area (Å²) in [5, 5.41) is 0.433. The number of methoxy groups -OCH3 is 2. The molecule has 1 aromatic carbocycles. The zero-order valence-corrected chi connectivity index (χ0v) is 14.5. The van der Waals surface area contributed by atoms with Gasteiger partial charge in [0.2, 0.25) is 0 Å².